The van der Waals surface area contributed by atoms with Crippen LogP contribution in [0, 0.1) is 6.92 Å². The molecule has 1 N–H and O–H groups in total. The van der Waals surface area contributed by atoms with E-state index in [1.54, 1.807) is 6.07 Å². The van der Waals surface area contributed by atoms with Crippen LogP contribution in [0.25, 0.3) is 0 Å². The molecule has 0 aliphatic rings. The third kappa shape index (κ3) is 2.66. The highest BCUT2D eigenvalue weighted by atomic mass is 32.1. The third-order valence-corrected chi connectivity index (χ3v) is 2.60. The molecule has 0 bridgehead atoms. The summed E-state index contributed by atoms with van der Waals surface area (Å²) < 4.78 is 0. The molecule has 0 aliphatic heterocycles. The SMILES string of the molecule is Cc1cc(O)ccc1C(C)CCS. The zero-order chi connectivity index (χ0) is 9.84. The molecule has 0 amide bonds. The van der Waals surface area contributed by atoms with Gasteiger partial charge in [0.15, 0.2) is 0 Å². The van der Waals surface area contributed by atoms with Gasteiger partial charge in [-0.15, -0.1) is 0 Å². The fourth-order valence-corrected chi connectivity index (χ4v) is 1.95. The molecule has 1 rings (SSSR count). The van der Waals surface area contributed by atoms with Gasteiger partial charge >= 0.3 is 0 Å². The molecule has 1 aromatic carbocycles. The van der Waals surface area contributed by atoms with Crippen LogP contribution in [0.5, 0.6) is 5.75 Å². The van der Waals surface area contributed by atoms with E-state index in [0.29, 0.717) is 11.7 Å². The van der Waals surface area contributed by atoms with Gasteiger partial charge in [0.1, 0.15) is 5.75 Å². The van der Waals surface area contributed by atoms with E-state index in [4.69, 9.17) is 0 Å². The zero-order valence-corrected chi connectivity index (χ0v) is 9.01. The predicted molar refractivity (Wildman–Crippen MR) is 59.7 cm³/mol. The topological polar surface area (TPSA) is 20.2 Å². The summed E-state index contributed by atoms with van der Waals surface area (Å²) in [7, 11) is 0. The smallest absolute Gasteiger partial charge is 0.115 e. The Morgan fingerprint density at radius 3 is 2.69 bits per heavy atom. The number of hydrogen-bond acceptors (Lipinski definition) is 2. The van der Waals surface area contributed by atoms with E-state index in [-0.39, 0.29) is 0 Å². The Balaban J connectivity index is 2.88. The lowest BCUT2D eigenvalue weighted by Gasteiger charge is -2.13. The first kappa shape index (κ1) is 10.5. The first-order valence-corrected chi connectivity index (χ1v) is 5.18. The molecule has 0 heterocycles. The van der Waals surface area contributed by atoms with E-state index in [9.17, 15) is 5.11 Å². The molecule has 0 saturated carbocycles. The van der Waals surface area contributed by atoms with Crippen LogP contribution in [0.1, 0.15) is 30.4 Å². The number of benzene rings is 1. The van der Waals surface area contributed by atoms with Gasteiger partial charge in [-0.25, -0.2) is 0 Å². The van der Waals surface area contributed by atoms with Gasteiger partial charge in [0.2, 0.25) is 0 Å². The first-order chi connectivity index (χ1) is 6.15. The van der Waals surface area contributed by atoms with E-state index in [1.165, 1.54) is 5.56 Å². The average molecular weight is 196 g/mol. The zero-order valence-electron chi connectivity index (χ0n) is 8.12. The van der Waals surface area contributed by atoms with Crippen molar-refractivity contribution in [1.29, 1.82) is 0 Å². The molecule has 0 aromatic heterocycles. The Labute approximate surface area is 85.2 Å². The molecule has 1 atom stereocenters. The minimum Gasteiger partial charge on any atom is -0.508 e. The number of aromatic hydroxyl groups is 1. The summed E-state index contributed by atoms with van der Waals surface area (Å²) in [5.74, 6) is 1.78. The summed E-state index contributed by atoms with van der Waals surface area (Å²) in [5.41, 5.74) is 2.47. The number of hydrogen-bond donors (Lipinski definition) is 2. The highest BCUT2D eigenvalue weighted by Gasteiger charge is 2.07. The molecule has 72 valence electrons. The van der Waals surface area contributed by atoms with Gasteiger partial charge in [-0.2, -0.15) is 12.6 Å². The van der Waals surface area contributed by atoms with Crippen LogP contribution in [0.15, 0.2) is 18.2 Å². The van der Waals surface area contributed by atoms with Crippen LogP contribution in [0.2, 0.25) is 0 Å². The molecule has 1 unspecified atom stereocenters. The number of aryl methyl sites for hydroxylation is 1. The van der Waals surface area contributed by atoms with Crippen molar-refractivity contribution in [2.75, 3.05) is 5.75 Å². The minimum absolute atomic E-state index is 0.347. The molecule has 0 spiro atoms. The van der Waals surface area contributed by atoms with Crippen molar-refractivity contribution in [1.82, 2.24) is 0 Å². The van der Waals surface area contributed by atoms with E-state index in [2.05, 4.69) is 19.6 Å². The fraction of sp³-hybridized carbons (Fsp3) is 0.455. The molecular formula is C11H16OS. The molecule has 13 heavy (non-hydrogen) atoms. The van der Waals surface area contributed by atoms with Crippen molar-refractivity contribution in [2.24, 2.45) is 0 Å². The number of phenolic OH excluding ortho intramolecular Hbond substituents is 1. The van der Waals surface area contributed by atoms with Crippen LogP contribution in [-0.4, -0.2) is 10.9 Å². The summed E-state index contributed by atoms with van der Waals surface area (Å²) in [6.07, 6.45) is 1.08. The van der Waals surface area contributed by atoms with E-state index in [0.717, 1.165) is 17.7 Å². The first-order valence-electron chi connectivity index (χ1n) is 4.55. The van der Waals surface area contributed by atoms with E-state index >= 15 is 0 Å². The van der Waals surface area contributed by atoms with Crippen LogP contribution >= 0.6 is 12.6 Å². The van der Waals surface area contributed by atoms with Crippen LogP contribution in [0.4, 0.5) is 0 Å². The monoisotopic (exact) mass is 196 g/mol. The molecule has 0 radical (unpaired) electrons. The Bertz CT molecular complexity index is 283. The average Bonchev–Trinajstić information content (AvgIpc) is 2.04. The quantitative estimate of drug-likeness (QED) is 0.712. The number of phenols is 1. The van der Waals surface area contributed by atoms with Crippen molar-refractivity contribution in [3.63, 3.8) is 0 Å². The third-order valence-electron chi connectivity index (χ3n) is 2.35. The van der Waals surface area contributed by atoms with Crippen LogP contribution in [0.3, 0.4) is 0 Å². The number of thiol groups is 1. The largest absolute Gasteiger partial charge is 0.508 e. The maximum atomic E-state index is 9.23. The summed E-state index contributed by atoms with van der Waals surface area (Å²) in [6, 6.07) is 5.56. The second-order valence-electron chi connectivity index (χ2n) is 3.45. The molecular weight excluding hydrogens is 180 g/mol. The summed E-state index contributed by atoms with van der Waals surface area (Å²) in [6.45, 7) is 4.22. The summed E-state index contributed by atoms with van der Waals surface area (Å²) in [5, 5.41) is 9.23. The lowest BCUT2D eigenvalue weighted by atomic mass is 9.94. The highest BCUT2D eigenvalue weighted by molar-refractivity contribution is 7.80. The predicted octanol–water partition coefficient (Wildman–Crippen LogP) is 3.12. The number of rotatable bonds is 3. The van der Waals surface area contributed by atoms with Gasteiger partial charge in [-0.3, -0.25) is 0 Å². The van der Waals surface area contributed by atoms with Gasteiger partial charge in [0, 0.05) is 0 Å². The van der Waals surface area contributed by atoms with Crippen molar-refractivity contribution < 1.29 is 5.11 Å². The molecule has 0 aliphatic carbocycles. The van der Waals surface area contributed by atoms with Crippen molar-refractivity contribution in [3.05, 3.63) is 29.3 Å². The van der Waals surface area contributed by atoms with E-state index in [1.807, 2.05) is 19.1 Å². The van der Waals surface area contributed by atoms with Gasteiger partial charge in [-0.05, 0) is 48.3 Å². The van der Waals surface area contributed by atoms with Gasteiger partial charge in [-0.1, -0.05) is 13.0 Å². The maximum absolute atomic E-state index is 9.23. The molecule has 0 saturated heterocycles. The lowest BCUT2D eigenvalue weighted by molar-refractivity contribution is 0.474. The Kier molecular flexibility index (Phi) is 3.67. The maximum Gasteiger partial charge on any atom is 0.115 e. The Morgan fingerprint density at radius 2 is 2.15 bits per heavy atom. The van der Waals surface area contributed by atoms with Crippen LogP contribution < -0.4 is 0 Å². The van der Waals surface area contributed by atoms with E-state index < -0.39 is 0 Å². The molecule has 1 nitrogen and oxygen atoms in total. The molecule has 1 aromatic rings. The Hall–Kier alpha value is -0.630. The minimum atomic E-state index is 0.347. The highest BCUT2D eigenvalue weighted by Crippen LogP contribution is 2.25. The Morgan fingerprint density at radius 1 is 1.46 bits per heavy atom. The summed E-state index contributed by atoms with van der Waals surface area (Å²) >= 11 is 4.22. The van der Waals surface area contributed by atoms with Crippen molar-refractivity contribution in [3.8, 4) is 5.75 Å². The normalized spacial score (nSPS) is 12.8. The second-order valence-corrected chi connectivity index (χ2v) is 3.90. The van der Waals surface area contributed by atoms with Gasteiger partial charge in [0.05, 0.1) is 0 Å². The van der Waals surface area contributed by atoms with Gasteiger partial charge in [0.25, 0.3) is 0 Å². The van der Waals surface area contributed by atoms with Crippen molar-refractivity contribution in [2.45, 2.75) is 26.2 Å². The van der Waals surface area contributed by atoms with Crippen molar-refractivity contribution >= 4 is 12.6 Å². The lowest BCUT2D eigenvalue weighted by Crippen LogP contribution is -1.97. The second kappa shape index (κ2) is 4.56. The molecule has 0 fully saturated rings. The summed E-state index contributed by atoms with van der Waals surface area (Å²) in [4.78, 5) is 0. The van der Waals surface area contributed by atoms with Gasteiger partial charge < -0.3 is 5.11 Å². The van der Waals surface area contributed by atoms with Crippen LogP contribution in [-0.2, 0) is 0 Å². The molecule has 2 heteroatoms. The standard InChI is InChI=1S/C11H16OS/c1-8(5-6-13)11-4-3-10(12)7-9(11)2/h3-4,7-8,12-13H,5-6H2,1-2H3. The fourth-order valence-electron chi connectivity index (χ4n) is 1.56.